The van der Waals surface area contributed by atoms with Crippen LogP contribution in [0.3, 0.4) is 0 Å². The fraction of sp³-hybridized carbons (Fsp3) is 0.600. The number of benzene rings is 1. The number of aliphatic hydroxyl groups is 1. The lowest BCUT2D eigenvalue weighted by Gasteiger charge is -2.18. The van der Waals surface area contributed by atoms with E-state index in [0.29, 0.717) is 19.1 Å². The maximum absolute atomic E-state index is 10.2. The predicted molar refractivity (Wildman–Crippen MR) is 71.0 cm³/mol. The molecule has 1 aromatic carbocycles. The van der Waals surface area contributed by atoms with Gasteiger partial charge in [-0.2, -0.15) is 0 Å². The SMILES string of the molecule is CCC(C)C(O)c1ccc2c(c1)OCC(C)CO2. The van der Waals surface area contributed by atoms with Crippen molar-refractivity contribution >= 4 is 0 Å². The quantitative estimate of drug-likeness (QED) is 0.895. The van der Waals surface area contributed by atoms with Crippen LogP contribution in [0, 0.1) is 11.8 Å². The summed E-state index contributed by atoms with van der Waals surface area (Å²) in [5.41, 5.74) is 0.904. The molecule has 2 rings (SSSR count). The minimum Gasteiger partial charge on any atom is -0.489 e. The zero-order chi connectivity index (χ0) is 13.1. The Balaban J connectivity index is 2.21. The maximum Gasteiger partial charge on any atom is 0.161 e. The number of ether oxygens (including phenoxy) is 2. The highest BCUT2D eigenvalue weighted by Gasteiger charge is 2.19. The van der Waals surface area contributed by atoms with Gasteiger partial charge in [-0.05, 0) is 23.6 Å². The average Bonchev–Trinajstić information content (AvgIpc) is 2.59. The Labute approximate surface area is 109 Å². The van der Waals surface area contributed by atoms with Gasteiger partial charge in [0.05, 0.1) is 19.3 Å². The Hall–Kier alpha value is -1.22. The van der Waals surface area contributed by atoms with Crippen molar-refractivity contribution in [3.63, 3.8) is 0 Å². The van der Waals surface area contributed by atoms with Gasteiger partial charge in [-0.3, -0.25) is 0 Å². The van der Waals surface area contributed by atoms with E-state index < -0.39 is 6.10 Å². The molecule has 3 heteroatoms. The van der Waals surface area contributed by atoms with Crippen LogP contribution in [0.4, 0.5) is 0 Å². The van der Waals surface area contributed by atoms with Gasteiger partial charge in [0.2, 0.25) is 0 Å². The second-order valence-corrected chi connectivity index (χ2v) is 5.26. The zero-order valence-corrected chi connectivity index (χ0v) is 11.3. The second-order valence-electron chi connectivity index (χ2n) is 5.26. The molecule has 0 saturated carbocycles. The van der Waals surface area contributed by atoms with Gasteiger partial charge in [0.1, 0.15) is 0 Å². The van der Waals surface area contributed by atoms with Crippen LogP contribution in [0.25, 0.3) is 0 Å². The molecular weight excluding hydrogens is 228 g/mol. The first-order valence-electron chi connectivity index (χ1n) is 6.69. The summed E-state index contributed by atoms with van der Waals surface area (Å²) in [7, 11) is 0. The molecule has 3 nitrogen and oxygen atoms in total. The Morgan fingerprint density at radius 2 is 1.94 bits per heavy atom. The first-order chi connectivity index (χ1) is 8.61. The van der Waals surface area contributed by atoms with Crippen LogP contribution >= 0.6 is 0 Å². The molecule has 18 heavy (non-hydrogen) atoms. The standard InChI is InChI=1S/C15H22O3/c1-4-11(3)15(16)12-5-6-13-14(7-12)18-9-10(2)8-17-13/h5-7,10-11,15-16H,4,8-9H2,1-3H3. The highest BCUT2D eigenvalue weighted by Crippen LogP contribution is 2.35. The summed E-state index contributed by atoms with van der Waals surface area (Å²) in [5.74, 6) is 2.16. The van der Waals surface area contributed by atoms with Crippen LogP contribution in [0.1, 0.15) is 38.9 Å². The number of rotatable bonds is 3. The molecule has 1 aliphatic heterocycles. The van der Waals surface area contributed by atoms with Gasteiger partial charge in [0.25, 0.3) is 0 Å². The largest absolute Gasteiger partial charge is 0.489 e. The van der Waals surface area contributed by atoms with E-state index in [9.17, 15) is 5.11 Å². The molecule has 1 aromatic rings. The lowest BCUT2D eigenvalue weighted by Crippen LogP contribution is -2.12. The molecular formula is C15H22O3. The Morgan fingerprint density at radius 1 is 1.28 bits per heavy atom. The Bertz CT molecular complexity index is 403. The predicted octanol–water partition coefficient (Wildman–Crippen LogP) is 3.17. The summed E-state index contributed by atoms with van der Waals surface area (Å²) in [4.78, 5) is 0. The van der Waals surface area contributed by atoms with Crippen LogP contribution in [-0.4, -0.2) is 18.3 Å². The number of aliphatic hydroxyl groups excluding tert-OH is 1. The second kappa shape index (κ2) is 5.61. The molecule has 1 N–H and O–H groups in total. The molecule has 0 fully saturated rings. The van der Waals surface area contributed by atoms with Gasteiger partial charge >= 0.3 is 0 Å². The van der Waals surface area contributed by atoms with Crippen molar-refractivity contribution in [1.29, 1.82) is 0 Å². The van der Waals surface area contributed by atoms with Crippen LogP contribution in [0.5, 0.6) is 11.5 Å². The van der Waals surface area contributed by atoms with Crippen molar-refractivity contribution in [2.24, 2.45) is 11.8 Å². The maximum atomic E-state index is 10.2. The van der Waals surface area contributed by atoms with Crippen molar-refractivity contribution < 1.29 is 14.6 Å². The van der Waals surface area contributed by atoms with E-state index in [1.54, 1.807) is 0 Å². The first kappa shape index (κ1) is 13.2. The summed E-state index contributed by atoms with van der Waals surface area (Å²) >= 11 is 0. The molecule has 3 unspecified atom stereocenters. The molecule has 0 bridgehead atoms. The molecule has 0 radical (unpaired) electrons. The summed E-state index contributed by atoms with van der Waals surface area (Å²) in [5, 5.41) is 10.2. The van der Waals surface area contributed by atoms with E-state index in [1.165, 1.54) is 0 Å². The summed E-state index contributed by atoms with van der Waals surface area (Å²) < 4.78 is 11.4. The lowest BCUT2D eigenvalue weighted by molar-refractivity contribution is 0.115. The van der Waals surface area contributed by atoms with Crippen molar-refractivity contribution in [2.75, 3.05) is 13.2 Å². The molecule has 100 valence electrons. The van der Waals surface area contributed by atoms with Crippen LogP contribution in [0.15, 0.2) is 18.2 Å². The summed E-state index contributed by atoms with van der Waals surface area (Å²) in [6.07, 6.45) is 0.511. The van der Waals surface area contributed by atoms with Gasteiger partial charge < -0.3 is 14.6 Å². The van der Waals surface area contributed by atoms with Gasteiger partial charge in [-0.15, -0.1) is 0 Å². The first-order valence-corrected chi connectivity index (χ1v) is 6.69. The molecule has 0 amide bonds. The summed E-state index contributed by atoms with van der Waals surface area (Å²) in [6, 6.07) is 5.73. The van der Waals surface area contributed by atoms with Crippen LogP contribution in [-0.2, 0) is 0 Å². The molecule has 0 saturated heterocycles. The summed E-state index contributed by atoms with van der Waals surface area (Å²) in [6.45, 7) is 7.57. The van der Waals surface area contributed by atoms with Crippen molar-refractivity contribution in [3.05, 3.63) is 23.8 Å². The fourth-order valence-electron chi connectivity index (χ4n) is 2.00. The topological polar surface area (TPSA) is 38.7 Å². The van der Waals surface area contributed by atoms with Crippen molar-refractivity contribution in [2.45, 2.75) is 33.3 Å². The van der Waals surface area contributed by atoms with Gasteiger partial charge in [-0.1, -0.05) is 33.3 Å². The van der Waals surface area contributed by atoms with E-state index in [1.807, 2.05) is 18.2 Å². The zero-order valence-electron chi connectivity index (χ0n) is 11.3. The number of hydrogen-bond donors (Lipinski definition) is 1. The van der Waals surface area contributed by atoms with E-state index in [2.05, 4.69) is 20.8 Å². The minimum atomic E-state index is -0.440. The molecule has 0 spiro atoms. The third kappa shape index (κ3) is 2.78. The van der Waals surface area contributed by atoms with Gasteiger partial charge in [-0.25, -0.2) is 0 Å². The lowest BCUT2D eigenvalue weighted by atomic mass is 9.95. The third-order valence-electron chi connectivity index (χ3n) is 3.54. The number of hydrogen-bond acceptors (Lipinski definition) is 3. The smallest absolute Gasteiger partial charge is 0.161 e. The highest BCUT2D eigenvalue weighted by molar-refractivity contribution is 5.44. The highest BCUT2D eigenvalue weighted by atomic mass is 16.5. The third-order valence-corrected chi connectivity index (χ3v) is 3.54. The van der Waals surface area contributed by atoms with Crippen LogP contribution in [0.2, 0.25) is 0 Å². The minimum absolute atomic E-state index is 0.244. The van der Waals surface area contributed by atoms with E-state index in [-0.39, 0.29) is 5.92 Å². The van der Waals surface area contributed by atoms with Gasteiger partial charge in [0.15, 0.2) is 11.5 Å². The van der Waals surface area contributed by atoms with Crippen molar-refractivity contribution in [3.8, 4) is 11.5 Å². The van der Waals surface area contributed by atoms with Gasteiger partial charge in [0, 0.05) is 5.92 Å². The molecule has 0 aromatic heterocycles. The van der Waals surface area contributed by atoms with Crippen molar-refractivity contribution in [1.82, 2.24) is 0 Å². The average molecular weight is 250 g/mol. The monoisotopic (exact) mass is 250 g/mol. The Kier molecular flexibility index (Phi) is 4.12. The van der Waals surface area contributed by atoms with E-state index in [0.717, 1.165) is 23.5 Å². The molecule has 1 heterocycles. The normalized spacial score (nSPS) is 22.1. The fourth-order valence-corrected chi connectivity index (χ4v) is 2.00. The molecule has 1 aliphatic rings. The molecule has 3 atom stereocenters. The van der Waals surface area contributed by atoms with Crippen LogP contribution < -0.4 is 9.47 Å². The molecule has 0 aliphatic carbocycles. The number of fused-ring (bicyclic) bond motifs is 1. The van der Waals surface area contributed by atoms with E-state index in [4.69, 9.17) is 9.47 Å². The van der Waals surface area contributed by atoms with E-state index >= 15 is 0 Å². The Morgan fingerprint density at radius 3 is 2.61 bits per heavy atom.